The number of hydrogen-bond acceptors (Lipinski definition) is 4. The number of nitrogens with zero attached hydrogens (tertiary/aromatic N) is 2. The van der Waals surface area contributed by atoms with Gasteiger partial charge in [0.1, 0.15) is 16.8 Å². The number of rotatable bonds is 2. The first kappa shape index (κ1) is 11.1. The van der Waals surface area contributed by atoms with E-state index in [2.05, 4.69) is 25.9 Å². The molecule has 0 unspecified atom stereocenters. The topological polar surface area (TPSA) is 56.0 Å². The molecule has 3 rings (SSSR count). The first-order valence-electron chi connectivity index (χ1n) is 5.24. The molecule has 3 aromatic rings. The highest BCUT2D eigenvalue weighted by Crippen LogP contribution is 2.31. The molecule has 0 saturated heterocycles. The van der Waals surface area contributed by atoms with Crippen molar-refractivity contribution in [3.05, 3.63) is 46.9 Å². The van der Waals surface area contributed by atoms with Crippen molar-refractivity contribution in [3.8, 4) is 11.3 Å². The van der Waals surface area contributed by atoms with Crippen LogP contribution in [0.4, 0.5) is 0 Å². The highest BCUT2D eigenvalue weighted by atomic mass is 79.9. The SMILES string of the molecule is O=Cc1ccc(-c2ccc(Br)c3nccnc23)o1. The smallest absolute Gasteiger partial charge is 0.185 e. The van der Waals surface area contributed by atoms with Crippen LogP contribution in [-0.2, 0) is 0 Å². The average molecular weight is 303 g/mol. The van der Waals surface area contributed by atoms with E-state index in [0.29, 0.717) is 17.8 Å². The second kappa shape index (κ2) is 4.34. The normalized spacial score (nSPS) is 10.7. The maximum Gasteiger partial charge on any atom is 0.185 e. The summed E-state index contributed by atoms with van der Waals surface area (Å²) in [4.78, 5) is 19.2. The minimum Gasteiger partial charge on any atom is -0.453 e. The molecule has 0 bridgehead atoms. The Kier molecular flexibility index (Phi) is 2.68. The van der Waals surface area contributed by atoms with Gasteiger partial charge in [0.2, 0.25) is 0 Å². The monoisotopic (exact) mass is 302 g/mol. The number of benzene rings is 1. The summed E-state index contributed by atoms with van der Waals surface area (Å²) >= 11 is 3.43. The quantitative estimate of drug-likeness (QED) is 0.680. The van der Waals surface area contributed by atoms with E-state index in [1.54, 1.807) is 24.5 Å². The zero-order valence-electron chi connectivity index (χ0n) is 9.13. The highest BCUT2D eigenvalue weighted by Gasteiger charge is 2.11. The molecule has 0 amide bonds. The van der Waals surface area contributed by atoms with Crippen LogP contribution in [0.15, 0.2) is 45.5 Å². The summed E-state index contributed by atoms with van der Waals surface area (Å²) in [7, 11) is 0. The van der Waals surface area contributed by atoms with Crippen molar-refractivity contribution >= 4 is 33.2 Å². The number of carbonyl (C=O) groups is 1. The number of fused-ring (bicyclic) bond motifs is 1. The number of aromatic nitrogens is 2. The van der Waals surface area contributed by atoms with Crippen molar-refractivity contribution in [3.63, 3.8) is 0 Å². The van der Waals surface area contributed by atoms with Crippen LogP contribution in [0.3, 0.4) is 0 Å². The predicted octanol–water partition coefficient (Wildman–Crippen LogP) is 3.46. The predicted molar refractivity (Wildman–Crippen MR) is 70.3 cm³/mol. The molecule has 0 radical (unpaired) electrons. The van der Waals surface area contributed by atoms with Gasteiger partial charge in [0, 0.05) is 22.4 Å². The molecule has 0 atom stereocenters. The summed E-state index contributed by atoms with van der Waals surface area (Å²) < 4.78 is 6.29. The van der Waals surface area contributed by atoms with Crippen molar-refractivity contribution in [1.29, 1.82) is 0 Å². The molecule has 0 aliphatic heterocycles. The molecule has 5 heteroatoms. The maximum absolute atomic E-state index is 10.6. The number of furan rings is 1. The molecule has 0 N–H and O–H groups in total. The van der Waals surface area contributed by atoms with Crippen molar-refractivity contribution in [2.75, 3.05) is 0 Å². The van der Waals surface area contributed by atoms with Gasteiger partial charge in [-0.05, 0) is 40.2 Å². The molecule has 0 spiro atoms. The lowest BCUT2D eigenvalue weighted by Gasteiger charge is -2.03. The Morgan fingerprint density at radius 1 is 1.06 bits per heavy atom. The molecule has 0 saturated carbocycles. The number of aldehydes is 1. The van der Waals surface area contributed by atoms with Crippen LogP contribution in [0, 0.1) is 0 Å². The van der Waals surface area contributed by atoms with Crippen molar-refractivity contribution in [2.45, 2.75) is 0 Å². The molecule has 1 aromatic carbocycles. The van der Waals surface area contributed by atoms with Gasteiger partial charge in [-0.2, -0.15) is 0 Å². The molecule has 4 nitrogen and oxygen atoms in total. The summed E-state index contributed by atoms with van der Waals surface area (Å²) in [5, 5.41) is 0. The van der Waals surface area contributed by atoms with E-state index in [-0.39, 0.29) is 0 Å². The van der Waals surface area contributed by atoms with Crippen LogP contribution in [0.1, 0.15) is 10.6 Å². The molecule has 0 fully saturated rings. The Labute approximate surface area is 111 Å². The first-order chi connectivity index (χ1) is 8.79. The van der Waals surface area contributed by atoms with Gasteiger partial charge in [-0.15, -0.1) is 0 Å². The maximum atomic E-state index is 10.6. The fourth-order valence-electron chi connectivity index (χ4n) is 1.78. The Morgan fingerprint density at radius 2 is 1.83 bits per heavy atom. The van der Waals surface area contributed by atoms with Crippen LogP contribution in [0.2, 0.25) is 0 Å². The van der Waals surface area contributed by atoms with Crippen molar-refractivity contribution in [1.82, 2.24) is 9.97 Å². The molecule has 0 aliphatic rings. The zero-order valence-corrected chi connectivity index (χ0v) is 10.7. The van der Waals surface area contributed by atoms with Gasteiger partial charge >= 0.3 is 0 Å². The van der Waals surface area contributed by atoms with E-state index in [1.807, 2.05) is 12.1 Å². The van der Waals surface area contributed by atoms with Gasteiger partial charge in [0.25, 0.3) is 0 Å². The van der Waals surface area contributed by atoms with Crippen molar-refractivity contribution in [2.24, 2.45) is 0 Å². The lowest BCUT2D eigenvalue weighted by molar-refractivity contribution is 0.110. The third kappa shape index (κ3) is 1.73. The van der Waals surface area contributed by atoms with Gasteiger partial charge in [0.15, 0.2) is 12.0 Å². The van der Waals surface area contributed by atoms with E-state index < -0.39 is 0 Å². The molecular weight excluding hydrogens is 296 g/mol. The van der Waals surface area contributed by atoms with Gasteiger partial charge in [-0.25, -0.2) is 0 Å². The van der Waals surface area contributed by atoms with Crippen LogP contribution in [0.25, 0.3) is 22.4 Å². The van der Waals surface area contributed by atoms with Gasteiger partial charge in [-0.1, -0.05) is 0 Å². The van der Waals surface area contributed by atoms with Gasteiger partial charge < -0.3 is 4.42 Å². The molecule has 18 heavy (non-hydrogen) atoms. The summed E-state index contributed by atoms with van der Waals surface area (Å²) in [5.41, 5.74) is 2.31. The standard InChI is InChI=1S/C13H7BrN2O2/c14-10-3-2-9(11-4-1-8(7-17)18-11)12-13(10)16-6-5-15-12/h1-7H. The van der Waals surface area contributed by atoms with Crippen LogP contribution >= 0.6 is 15.9 Å². The Morgan fingerprint density at radius 3 is 2.56 bits per heavy atom. The van der Waals surface area contributed by atoms with Crippen LogP contribution in [0.5, 0.6) is 0 Å². The number of hydrogen-bond donors (Lipinski definition) is 0. The lowest BCUT2D eigenvalue weighted by atomic mass is 10.1. The van der Waals surface area contributed by atoms with E-state index in [4.69, 9.17) is 4.42 Å². The van der Waals surface area contributed by atoms with Crippen molar-refractivity contribution < 1.29 is 9.21 Å². The Balaban J connectivity index is 2.29. The largest absolute Gasteiger partial charge is 0.453 e. The van der Waals surface area contributed by atoms with E-state index >= 15 is 0 Å². The zero-order chi connectivity index (χ0) is 12.5. The summed E-state index contributed by atoms with van der Waals surface area (Å²) in [6, 6.07) is 7.15. The molecule has 2 heterocycles. The molecule has 88 valence electrons. The third-order valence-electron chi connectivity index (χ3n) is 2.58. The fraction of sp³-hybridized carbons (Fsp3) is 0. The average Bonchev–Trinajstić information content (AvgIpc) is 2.88. The summed E-state index contributed by atoms with van der Waals surface area (Å²) in [5.74, 6) is 0.903. The number of halogens is 1. The minimum absolute atomic E-state index is 0.296. The second-order valence-electron chi connectivity index (χ2n) is 3.67. The molecule has 0 aliphatic carbocycles. The van der Waals surface area contributed by atoms with E-state index in [9.17, 15) is 4.79 Å². The van der Waals surface area contributed by atoms with Gasteiger partial charge in [-0.3, -0.25) is 14.8 Å². The van der Waals surface area contributed by atoms with E-state index in [1.165, 1.54) is 0 Å². The second-order valence-corrected chi connectivity index (χ2v) is 4.52. The molecular formula is C13H7BrN2O2. The minimum atomic E-state index is 0.296. The third-order valence-corrected chi connectivity index (χ3v) is 3.22. The Bertz CT molecular complexity index is 737. The summed E-state index contributed by atoms with van der Waals surface area (Å²) in [6.07, 6.45) is 3.94. The first-order valence-corrected chi connectivity index (χ1v) is 6.03. The van der Waals surface area contributed by atoms with E-state index in [0.717, 1.165) is 21.1 Å². The van der Waals surface area contributed by atoms with Crippen LogP contribution < -0.4 is 0 Å². The van der Waals surface area contributed by atoms with Crippen LogP contribution in [-0.4, -0.2) is 16.3 Å². The summed E-state index contributed by atoms with van der Waals surface area (Å²) in [6.45, 7) is 0. The number of carbonyl (C=O) groups excluding carboxylic acids is 1. The Hall–Kier alpha value is -2.01. The lowest BCUT2D eigenvalue weighted by Crippen LogP contribution is -1.87. The highest BCUT2D eigenvalue weighted by molar-refractivity contribution is 9.10. The van der Waals surface area contributed by atoms with Gasteiger partial charge in [0.05, 0.1) is 0 Å². The molecule has 2 aromatic heterocycles. The fourth-order valence-corrected chi connectivity index (χ4v) is 2.21.